The summed E-state index contributed by atoms with van der Waals surface area (Å²) in [5.74, 6) is -1.25. The first-order valence-electron chi connectivity index (χ1n) is 9.04. The first-order valence-corrected chi connectivity index (χ1v) is 13.7. The molecule has 2 aromatic rings. The molecule has 1 heterocycles. The second-order valence-corrected chi connectivity index (χ2v) is 12.1. The Kier molecular flexibility index (Phi) is 7.06. The Hall–Kier alpha value is -1.94. The van der Waals surface area contributed by atoms with Crippen LogP contribution in [0.4, 0.5) is 0 Å². The van der Waals surface area contributed by atoms with Gasteiger partial charge < -0.3 is 0 Å². The van der Waals surface area contributed by atoms with Gasteiger partial charge in [0, 0.05) is 0 Å². The maximum atomic E-state index is 12.7. The molecule has 0 N–H and O–H groups in total. The van der Waals surface area contributed by atoms with Gasteiger partial charge in [-0.1, -0.05) is 0 Å². The predicted octanol–water partition coefficient (Wildman–Crippen LogP) is 2.50. The number of carbonyl (C=O) groups excluding carboxylic acids is 2. The van der Waals surface area contributed by atoms with E-state index in [1.807, 2.05) is 18.9 Å². The monoisotopic (exact) mass is 493 g/mol. The first-order chi connectivity index (χ1) is 13.5. The van der Waals surface area contributed by atoms with Gasteiger partial charge in [-0.3, -0.25) is 0 Å². The summed E-state index contributed by atoms with van der Waals surface area (Å²) in [5, 5.41) is 0. The fourth-order valence-corrected chi connectivity index (χ4v) is 8.28. The van der Waals surface area contributed by atoms with E-state index in [0.29, 0.717) is 24.2 Å². The molecule has 3 rings (SSSR count). The second kappa shape index (κ2) is 9.51. The molecule has 1 unspecified atom stereocenters. The summed E-state index contributed by atoms with van der Waals surface area (Å²) in [6, 6.07) is 17.0. The summed E-state index contributed by atoms with van der Waals surface area (Å²) in [6.07, 6.45) is -0.326. The average molecular weight is 492 g/mol. The van der Waals surface area contributed by atoms with Gasteiger partial charge in [-0.2, -0.15) is 0 Å². The molecule has 148 valence electrons. The van der Waals surface area contributed by atoms with Gasteiger partial charge in [0.25, 0.3) is 0 Å². The van der Waals surface area contributed by atoms with Gasteiger partial charge in [0.05, 0.1) is 0 Å². The number of benzene rings is 2. The fraction of sp³-hybridized carbons (Fsp3) is 0.300. The topological polar surface area (TPSA) is 74.3 Å². The van der Waals surface area contributed by atoms with E-state index in [4.69, 9.17) is 12.3 Å². The zero-order valence-corrected chi connectivity index (χ0v) is 18.7. The quantitative estimate of drug-likeness (QED) is 0.608. The summed E-state index contributed by atoms with van der Waals surface area (Å²) >= 11 is -5.00. The van der Waals surface area contributed by atoms with Gasteiger partial charge in [0.15, 0.2) is 0 Å². The van der Waals surface area contributed by atoms with Crippen molar-refractivity contribution in [1.82, 2.24) is 4.90 Å². The molecule has 0 aromatic heterocycles. The third-order valence-electron chi connectivity index (χ3n) is 4.12. The summed E-state index contributed by atoms with van der Waals surface area (Å²) in [7, 11) is 1.94. The van der Waals surface area contributed by atoms with Crippen LogP contribution in [-0.4, -0.2) is 69.7 Å². The van der Waals surface area contributed by atoms with Crippen LogP contribution in [0.25, 0.3) is 0 Å². The molecule has 1 fully saturated rings. The van der Waals surface area contributed by atoms with E-state index in [9.17, 15) is 9.59 Å². The number of likely N-dealkylation sites (N-methyl/N-ethyl adjacent to an activating group) is 1. The summed E-state index contributed by atoms with van der Waals surface area (Å²) in [4.78, 5) is 27.4. The van der Waals surface area contributed by atoms with Crippen LogP contribution < -0.4 is 0 Å². The molecule has 2 aromatic carbocycles. The molecule has 0 bridgehead atoms. The first kappa shape index (κ1) is 20.8. The van der Waals surface area contributed by atoms with Crippen molar-refractivity contribution in [3.8, 4) is 0 Å². The van der Waals surface area contributed by atoms with Crippen molar-refractivity contribution in [3.63, 3.8) is 0 Å². The van der Waals surface area contributed by atoms with Crippen molar-refractivity contribution in [3.05, 3.63) is 71.8 Å². The van der Waals surface area contributed by atoms with Gasteiger partial charge in [-0.25, -0.2) is 0 Å². The number of nitrogens with zero attached hydrogens (tertiary/aromatic N) is 1. The van der Waals surface area contributed by atoms with Crippen LogP contribution in [-0.2, 0) is 12.3 Å². The molecule has 1 aliphatic heterocycles. The Morgan fingerprint density at radius 2 is 1.46 bits per heavy atom. The third kappa shape index (κ3) is 5.54. The van der Waals surface area contributed by atoms with Gasteiger partial charge in [-0.05, 0) is 0 Å². The Bertz CT molecular complexity index is 747. The second-order valence-electron chi connectivity index (χ2n) is 6.55. The van der Waals surface area contributed by atoms with Crippen molar-refractivity contribution in [2.45, 2.75) is 13.0 Å². The van der Waals surface area contributed by atoms with E-state index in [-0.39, 0.29) is 12.7 Å². The van der Waals surface area contributed by atoms with Gasteiger partial charge in [0.1, 0.15) is 0 Å². The predicted molar refractivity (Wildman–Crippen MR) is 103 cm³/mol. The minimum absolute atomic E-state index is 0.240. The zero-order valence-electron chi connectivity index (χ0n) is 15.9. The zero-order chi connectivity index (χ0) is 20.0. The Morgan fingerprint density at radius 3 is 1.96 bits per heavy atom. The van der Waals surface area contributed by atoms with Crippen LogP contribution in [0.5, 0.6) is 0 Å². The number of hydrogen-bond acceptors (Lipinski definition) is 7. The standard InChI is InChI=1S/2C7H6O2.C6H13NO2.Sn/c2*8-7(9)6-4-2-1-3-5-6;1-6(9)5-7(2)3-4-8;/h2*1-5H,(H,8,9);6H,3-5H2,1-2H3;/q;;-2;+4/p-2. The minimum atomic E-state index is -5.00. The molecule has 1 aliphatic rings. The Labute approximate surface area is 170 Å². The molecule has 28 heavy (non-hydrogen) atoms. The van der Waals surface area contributed by atoms with E-state index in [0.717, 1.165) is 0 Å². The molecular weight excluding hydrogens is 469 g/mol. The van der Waals surface area contributed by atoms with E-state index < -0.39 is 32.0 Å². The van der Waals surface area contributed by atoms with Crippen LogP contribution >= 0.6 is 0 Å². The normalized spacial score (nSPS) is 19.9. The summed E-state index contributed by atoms with van der Waals surface area (Å²) < 4.78 is 23.2. The van der Waals surface area contributed by atoms with E-state index in [1.54, 1.807) is 60.7 Å². The summed E-state index contributed by atoms with van der Waals surface area (Å²) in [5.41, 5.74) is 0.682. The van der Waals surface area contributed by atoms with Gasteiger partial charge in [0.2, 0.25) is 0 Å². The molecular formula is C20H23NO6Sn. The Balaban J connectivity index is 1.86. The van der Waals surface area contributed by atoms with Crippen LogP contribution in [0.15, 0.2) is 60.7 Å². The number of carbonyl (C=O) groups is 2. The molecule has 0 spiro atoms. The molecule has 1 atom stereocenters. The van der Waals surface area contributed by atoms with Crippen LogP contribution in [0, 0.1) is 0 Å². The van der Waals surface area contributed by atoms with Crippen LogP contribution in [0.3, 0.4) is 0 Å². The van der Waals surface area contributed by atoms with Gasteiger partial charge in [-0.15, -0.1) is 0 Å². The van der Waals surface area contributed by atoms with E-state index in [2.05, 4.69) is 0 Å². The van der Waals surface area contributed by atoms with Crippen molar-refractivity contribution in [2.24, 2.45) is 0 Å². The fourth-order valence-electron chi connectivity index (χ4n) is 2.80. The van der Waals surface area contributed by atoms with E-state index in [1.165, 1.54) is 0 Å². The van der Waals surface area contributed by atoms with Crippen molar-refractivity contribution in [2.75, 3.05) is 26.7 Å². The Morgan fingerprint density at radius 1 is 0.964 bits per heavy atom. The van der Waals surface area contributed by atoms with Crippen LogP contribution in [0.1, 0.15) is 27.6 Å². The van der Waals surface area contributed by atoms with Crippen LogP contribution in [0.2, 0.25) is 0 Å². The molecule has 8 heteroatoms. The molecule has 0 amide bonds. The molecule has 1 saturated heterocycles. The SMILES string of the molecule is CC1CN(C)CC[O][Sn]([O]C(=O)c2ccccc2)([O]C(=O)c2ccccc2)[O]1. The molecule has 7 nitrogen and oxygen atoms in total. The maximum absolute atomic E-state index is 12.7. The summed E-state index contributed by atoms with van der Waals surface area (Å²) in [6.45, 7) is 3.29. The number of rotatable bonds is 4. The van der Waals surface area contributed by atoms with Crippen molar-refractivity contribution < 1.29 is 21.9 Å². The van der Waals surface area contributed by atoms with Gasteiger partial charge >= 0.3 is 170 Å². The van der Waals surface area contributed by atoms with Crippen molar-refractivity contribution in [1.29, 1.82) is 0 Å². The van der Waals surface area contributed by atoms with Crippen molar-refractivity contribution >= 4 is 32.0 Å². The molecule has 0 saturated carbocycles. The average Bonchev–Trinajstić information content (AvgIpc) is 2.68. The molecule has 0 aliphatic carbocycles. The molecule has 0 radical (unpaired) electrons. The third-order valence-corrected chi connectivity index (χ3v) is 10.2. The van der Waals surface area contributed by atoms with E-state index >= 15 is 0 Å². The number of hydrogen-bond donors (Lipinski definition) is 0.